The van der Waals surface area contributed by atoms with Gasteiger partial charge in [0.1, 0.15) is 10.8 Å². The van der Waals surface area contributed by atoms with Crippen LogP contribution in [0.4, 0.5) is 0 Å². The fraction of sp³-hybridized carbons (Fsp3) is 0.111. The van der Waals surface area contributed by atoms with Crippen LogP contribution >= 0.6 is 35.6 Å². The Hall–Kier alpha value is -2.02. The number of aliphatic carboxylic acids is 1. The molecule has 128 valence electrons. The Morgan fingerprint density at radius 1 is 1.16 bits per heavy atom. The van der Waals surface area contributed by atoms with Gasteiger partial charge in [0.2, 0.25) is 0 Å². The van der Waals surface area contributed by atoms with Crippen molar-refractivity contribution in [1.29, 1.82) is 0 Å². The molecule has 0 radical (unpaired) electrons. The van der Waals surface area contributed by atoms with Crippen LogP contribution in [0.25, 0.3) is 21.7 Å². The molecule has 0 amide bonds. The second-order valence-electron chi connectivity index (χ2n) is 5.21. The molecule has 7 heteroatoms. The van der Waals surface area contributed by atoms with Gasteiger partial charge in [-0.15, -0.1) is 11.3 Å². The molecule has 3 rings (SSSR count). The summed E-state index contributed by atoms with van der Waals surface area (Å²) in [7, 11) is 1.61. The molecule has 0 aliphatic rings. The fourth-order valence-electron chi connectivity index (χ4n) is 2.30. The zero-order chi connectivity index (χ0) is 18.0. The molecule has 1 N–H and O–H groups in total. The van der Waals surface area contributed by atoms with Crippen molar-refractivity contribution in [3.8, 4) is 27.4 Å². The number of thiazole rings is 1. The van der Waals surface area contributed by atoms with Gasteiger partial charge in [0.15, 0.2) is 5.25 Å². The van der Waals surface area contributed by atoms with E-state index in [2.05, 4.69) is 17.6 Å². The normalized spacial score (nSPS) is 12.0. The third kappa shape index (κ3) is 3.81. The molecule has 1 unspecified atom stereocenters. The summed E-state index contributed by atoms with van der Waals surface area (Å²) in [5.74, 6) is -0.278. The lowest BCUT2D eigenvalue weighted by molar-refractivity contribution is -0.136. The first-order valence-corrected chi connectivity index (χ1v) is 9.02. The number of halogens is 1. The third-order valence-corrected chi connectivity index (χ3v) is 5.64. The van der Waals surface area contributed by atoms with Gasteiger partial charge in [-0.05, 0) is 42.0 Å². The summed E-state index contributed by atoms with van der Waals surface area (Å²) < 4.78 is 5.19. The molecule has 1 aromatic heterocycles. The molecule has 0 aliphatic carbocycles. The van der Waals surface area contributed by atoms with Crippen LogP contribution in [0, 0.1) is 0 Å². The van der Waals surface area contributed by atoms with Crippen molar-refractivity contribution < 1.29 is 14.6 Å². The van der Waals surface area contributed by atoms with Crippen LogP contribution in [0.1, 0.15) is 10.3 Å². The molecule has 0 saturated heterocycles. The highest BCUT2D eigenvalue weighted by atomic mass is 35.5. The van der Waals surface area contributed by atoms with Crippen molar-refractivity contribution in [2.75, 3.05) is 7.11 Å². The molecule has 0 saturated carbocycles. The number of carboxylic acids is 1. The summed E-state index contributed by atoms with van der Waals surface area (Å²) in [6.07, 6.45) is 0. The number of rotatable bonds is 5. The second kappa shape index (κ2) is 7.47. The van der Waals surface area contributed by atoms with E-state index in [1.54, 1.807) is 19.2 Å². The smallest absolute Gasteiger partial charge is 0.323 e. The summed E-state index contributed by atoms with van der Waals surface area (Å²) >= 11 is 11.4. The average molecular weight is 392 g/mol. The Balaban J connectivity index is 2.13. The summed E-state index contributed by atoms with van der Waals surface area (Å²) in [6.45, 7) is 0. The summed E-state index contributed by atoms with van der Waals surface area (Å²) in [5.41, 5.74) is 2.51. The largest absolute Gasteiger partial charge is 0.497 e. The Labute approximate surface area is 159 Å². The number of carboxylic acid groups (broad SMARTS) is 1. The maximum Gasteiger partial charge on any atom is 0.323 e. The van der Waals surface area contributed by atoms with Gasteiger partial charge < -0.3 is 9.84 Å². The van der Waals surface area contributed by atoms with Gasteiger partial charge in [-0.3, -0.25) is 4.79 Å². The van der Waals surface area contributed by atoms with Crippen molar-refractivity contribution in [3.63, 3.8) is 0 Å². The van der Waals surface area contributed by atoms with E-state index >= 15 is 0 Å². The van der Waals surface area contributed by atoms with E-state index < -0.39 is 11.2 Å². The van der Waals surface area contributed by atoms with Crippen LogP contribution in [0.3, 0.4) is 0 Å². The van der Waals surface area contributed by atoms with Gasteiger partial charge >= 0.3 is 5.97 Å². The minimum Gasteiger partial charge on any atom is -0.497 e. The fourth-order valence-corrected chi connectivity index (χ4v) is 3.72. The zero-order valence-corrected chi connectivity index (χ0v) is 15.6. The van der Waals surface area contributed by atoms with Gasteiger partial charge in [-0.25, -0.2) is 4.98 Å². The number of methoxy groups -OCH3 is 1. The molecule has 0 spiro atoms. The molecule has 0 aliphatic heterocycles. The number of hydrogen-bond donors (Lipinski definition) is 2. The molecule has 0 fully saturated rings. The number of thiol groups is 1. The van der Waals surface area contributed by atoms with Crippen molar-refractivity contribution >= 4 is 41.5 Å². The Morgan fingerprint density at radius 3 is 2.32 bits per heavy atom. The minimum absolute atomic E-state index is 0.437. The van der Waals surface area contributed by atoms with Crippen molar-refractivity contribution in [1.82, 2.24) is 4.98 Å². The summed E-state index contributed by atoms with van der Waals surface area (Å²) in [6, 6.07) is 14.8. The average Bonchev–Trinajstić information content (AvgIpc) is 3.07. The van der Waals surface area contributed by atoms with E-state index in [0.717, 1.165) is 21.8 Å². The molecule has 25 heavy (non-hydrogen) atoms. The summed E-state index contributed by atoms with van der Waals surface area (Å²) in [4.78, 5) is 16.7. The van der Waals surface area contributed by atoms with Crippen LogP contribution in [-0.4, -0.2) is 23.2 Å². The highest BCUT2D eigenvalue weighted by Gasteiger charge is 2.23. The van der Waals surface area contributed by atoms with E-state index in [0.29, 0.717) is 15.7 Å². The number of ether oxygens (including phenoxy) is 1. The lowest BCUT2D eigenvalue weighted by Gasteiger charge is -2.04. The molecule has 4 nitrogen and oxygen atoms in total. The molecular formula is C18H14ClNO3S2. The first kappa shape index (κ1) is 17.8. The van der Waals surface area contributed by atoms with E-state index in [4.69, 9.17) is 16.3 Å². The Morgan fingerprint density at radius 2 is 1.76 bits per heavy atom. The predicted octanol–water partition coefficient (Wildman–Crippen LogP) is 5.19. The SMILES string of the molecule is COc1ccc(-c2sc(C(S)C(=O)O)nc2-c2ccc(Cl)cc2)cc1. The van der Waals surface area contributed by atoms with Crippen molar-refractivity contribution in [2.45, 2.75) is 5.25 Å². The van der Waals surface area contributed by atoms with Crippen LogP contribution in [0.2, 0.25) is 5.02 Å². The molecule has 0 bridgehead atoms. The molecule has 1 atom stereocenters. The number of benzene rings is 2. The monoisotopic (exact) mass is 391 g/mol. The maximum absolute atomic E-state index is 11.3. The lowest BCUT2D eigenvalue weighted by atomic mass is 10.1. The van der Waals surface area contributed by atoms with Crippen LogP contribution < -0.4 is 4.74 Å². The zero-order valence-electron chi connectivity index (χ0n) is 13.1. The third-order valence-electron chi connectivity index (χ3n) is 3.58. The number of aromatic nitrogens is 1. The van der Waals surface area contributed by atoms with Crippen LogP contribution in [-0.2, 0) is 4.79 Å². The van der Waals surface area contributed by atoms with Gasteiger partial charge in [0.25, 0.3) is 0 Å². The van der Waals surface area contributed by atoms with Gasteiger partial charge in [-0.1, -0.05) is 23.7 Å². The first-order valence-electron chi connectivity index (χ1n) is 7.31. The molecule has 3 aromatic rings. The lowest BCUT2D eigenvalue weighted by Crippen LogP contribution is -2.04. The first-order chi connectivity index (χ1) is 12.0. The van der Waals surface area contributed by atoms with Crippen LogP contribution in [0.5, 0.6) is 5.75 Å². The second-order valence-corrected chi connectivity index (χ2v) is 7.19. The van der Waals surface area contributed by atoms with Gasteiger partial charge in [0, 0.05) is 10.6 Å². The molecule has 1 heterocycles. The predicted molar refractivity (Wildman–Crippen MR) is 104 cm³/mol. The Bertz CT molecular complexity index is 892. The van der Waals surface area contributed by atoms with Crippen LogP contribution in [0.15, 0.2) is 48.5 Å². The van der Waals surface area contributed by atoms with Crippen molar-refractivity contribution in [2.24, 2.45) is 0 Å². The number of nitrogens with zero attached hydrogens (tertiary/aromatic N) is 1. The van der Waals surface area contributed by atoms with E-state index in [1.165, 1.54) is 11.3 Å². The Kier molecular flexibility index (Phi) is 5.32. The van der Waals surface area contributed by atoms with Gasteiger partial charge in [-0.2, -0.15) is 12.6 Å². The highest BCUT2D eigenvalue weighted by molar-refractivity contribution is 7.81. The number of carbonyl (C=O) groups is 1. The summed E-state index contributed by atoms with van der Waals surface area (Å²) in [5, 5.41) is 9.33. The standard InChI is InChI=1S/C18H14ClNO3S2/c1-23-13-8-4-11(5-9-13)16-14(10-2-6-12(19)7-3-10)20-17(25-16)15(24)18(21)22/h2-9,15,24H,1H3,(H,21,22). The van der Waals surface area contributed by atoms with Crippen molar-refractivity contribution in [3.05, 3.63) is 58.6 Å². The molecule has 2 aromatic carbocycles. The quantitative estimate of drug-likeness (QED) is 0.587. The highest BCUT2D eigenvalue weighted by Crippen LogP contribution is 2.40. The van der Waals surface area contributed by atoms with E-state index in [1.807, 2.05) is 36.4 Å². The minimum atomic E-state index is -1.03. The molecular weight excluding hydrogens is 378 g/mol. The topological polar surface area (TPSA) is 59.4 Å². The van der Waals surface area contributed by atoms with E-state index in [9.17, 15) is 9.90 Å². The van der Waals surface area contributed by atoms with Gasteiger partial charge in [0.05, 0.1) is 17.7 Å². The number of hydrogen-bond acceptors (Lipinski definition) is 5. The maximum atomic E-state index is 11.3. The van der Waals surface area contributed by atoms with E-state index in [-0.39, 0.29) is 0 Å².